The third-order valence-electron chi connectivity index (χ3n) is 3.90. The predicted octanol–water partition coefficient (Wildman–Crippen LogP) is 3.20. The van der Waals surface area contributed by atoms with Crippen LogP contribution in [0, 0.1) is 5.41 Å². The fourth-order valence-electron chi connectivity index (χ4n) is 2.12. The van der Waals surface area contributed by atoms with Crippen LogP contribution < -0.4 is 10.5 Å². The van der Waals surface area contributed by atoms with Crippen LogP contribution in [0.25, 0.3) is 0 Å². The van der Waals surface area contributed by atoms with E-state index in [1.54, 1.807) is 7.11 Å². The summed E-state index contributed by atoms with van der Waals surface area (Å²) < 4.78 is 5.44. The lowest BCUT2D eigenvalue weighted by molar-refractivity contribution is 0.133. The molecule has 112 valence electrons. The Labute approximate surface area is 128 Å². The highest BCUT2D eigenvalue weighted by Crippen LogP contribution is 2.27. The molecule has 1 rings (SSSR count). The zero-order valence-electron chi connectivity index (χ0n) is 13.4. The summed E-state index contributed by atoms with van der Waals surface area (Å²) in [5.74, 6) is 0.873. The van der Waals surface area contributed by atoms with Crippen LogP contribution in [-0.4, -0.2) is 30.1 Å². The molecule has 0 fully saturated rings. The maximum atomic E-state index is 5.71. The van der Waals surface area contributed by atoms with E-state index in [2.05, 4.69) is 39.6 Å². The first kappa shape index (κ1) is 16.9. The van der Waals surface area contributed by atoms with E-state index in [9.17, 15) is 0 Å². The summed E-state index contributed by atoms with van der Waals surface area (Å²) in [5.41, 5.74) is 7.93. The minimum Gasteiger partial charge on any atom is -0.496 e. The van der Waals surface area contributed by atoms with Crippen molar-refractivity contribution < 1.29 is 4.74 Å². The number of thiocarbonyl (C=S) groups is 1. The number of hydrogen-bond donors (Lipinski definition) is 1. The number of benzene rings is 1. The number of rotatable bonds is 5. The van der Waals surface area contributed by atoms with Gasteiger partial charge in [-0.2, -0.15) is 0 Å². The van der Waals surface area contributed by atoms with Crippen LogP contribution in [0.2, 0.25) is 0 Å². The fraction of sp³-hybridized carbons (Fsp3) is 0.562. The molecule has 1 atom stereocenters. The van der Waals surface area contributed by atoms with Gasteiger partial charge in [-0.15, -0.1) is 0 Å². The summed E-state index contributed by atoms with van der Waals surface area (Å²) in [4.78, 5) is 2.74. The normalized spacial score (nSPS) is 13.3. The molecule has 1 aromatic rings. The Hall–Kier alpha value is -1.13. The van der Waals surface area contributed by atoms with Gasteiger partial charge < -0.3 is 10.5 Å². The molecule has 0 amide bonds. The van der Waals surface area contributed by atoms with Crippen molar-refractivity contribution in [3.63, 3.8) is 0 Å². The van der Waals surface area contributed by atoms with E-state index in [1.807, 2.05) is 18.2 Å². The number of hydrogen-bond acceptors (Lipinski definition) is 3. The lowest BCUT2D eigenvalue weighted by Gasteiger charge is -2.35. The molecule has 0 aliphatic carbocycles. The molecule has 0 aliphatic heterocycles. The molecule has 20 heavy (non-hydrogen) atoms. The van der Waals surface area contributed by atoms with Crippen LogP contribution in [0.4, 0.5) is 0 Å². The summed E-state index contributed by atoms with van der Waals surface area (Å²) in [6, 6.07) is 6.30. The average Bonchev–Trinajstić information content (AvgIpc) is 2.36. The molecule has 0 aromatic heterocycles. The maximum absolute atomic E-state index is 5.71. The summed E-state index contributed by atoms with van der Waals surface area (Å²) >= 11 is 5.05. The van der Waals surface area contributed by atoms with Crippen LogP contribution >= 0.6 is 12.2 Å². The van der Waals surface area contributed by atoms with Crippen LogP contribution in [0.1, 0.15) is 38.8 Å². The van der Waals surface area contributed by atoms with Gasteiger partial charge >= 0.3 is 0 Å². The summed E-state index contributed by atoms with van der Waals surface area (Å²) in [6.45, 7) is 9.78. The van der Waals surface area contributed by atoms with Crippen molar-refractivity contribution in [3.05, 3.63) is 29.3 Å². The zero-order valence-corrected chi connectivity index (χ0v) is 14.2. The van der Waals surface area contributed by atoms with E-state index >= 15 is 0 Å². The predicted molar refractivity (Wildman–Crippen MR) is 89.3 cm³/mol. The van der Waals surface area contributed by atoms with Gasteiger partial charge in [0.1, 0.15) is 10.7 Å². The summed E-state index contributed by atoms with van der Waals surface area (Å²) in [5, 5.41) is 0. The van der Waals surface area contributed by atoms with Crippen LogP contribution in [0.15, 0.2) is 18.2 Å². The third kappa shape index (κ3) is 4.18. The molecule has 0 aliphatic rings. The number of nitrogens with two attached hydrogens (primary N) is 1. The van der Waals surface area contributed by atoms with E-state index in [0.717, 1.165) is 23.4 Å². The SMILES string of the molecule is COc1ccc(C(N)=S)cc1CN(C)C(C)C(C)(C)C. The lowest BCUT2D eigenvalue weighted by atomic mass is 9.87. The highest BCUT2D eigenvalue weighted by molar-refractivity contribution is 7.80. The molecule has 1 unspecified atom stereocenters. The van der Waals surface area contributed by atoms with Crippen LogP contribution in [-0.2, 0) is 6.54 Å². The second-order valence-electron chi connectivity index (χ2n) is 6.35. The maximum Gasteiger partial charge on any atom is 0.123 e. The molecule has 0 saturated heterocycles. The first-order valence-corrected chi connectivity index (χ1v) is 7.24. The van der Waals surface area contributed by atoms with Gasteiger partial charge in [0.15, 0.2) is 0 Å². The first-order chi connectivity index (χ1) is 9.16. The van der Waals surface area contributed by atoms with Crippen molar-refractivity contribution in [2.75, 3.05) is 14.2 Å². The van der Waals surface area contributed by atoms with Gasteiger partial charge in [0.05, 0.1) is 7.11 Å². The molecule has 1 aromatic carbocycles. The topological polar surface area (TPSA) is 38.5 Å². The van der Waals surface area contributed by atoms with Crippen molar-refractivity contribution in [1.82, 2.24) is 4.90 Å². The Morgan fingerprint density at radius 1 is 1.40 bits per heavy atom. The van der Waals surface area contributed by atoms with E-state index in [-0.39, 0.29) is 5.41 Å². The van der Waals surface area contributed by atoms with E-state index < -0.39 is 0 Å². The second kappa shape index (κ2) is 6.55. The van der Waals surface area contributed by atoms with Gasteiger partial charge in [-0.05, 0) is 37.6 Å². The molecule has 3 nitrogen and oxygen atoms in total. The summed E-state index contributed by atoms with van der Waals surface area (Å²) in [7, 11) is 3.81. The minimum absolute atomic E-state index is 0.225. The fourth-order valence-corrected chi connectivity index (χ4v) is 2.25. The average molecular weight is 294 g/mol. The minimum atomic E-state index is 0.225. The first-order valence-electron chi connectivity index (χ1n) is 6.83. The van der Waals surface area contributed by atoms with Gasteiger partial charge in [0.25, 0.3) is 0 Å². The Morgan fingerprint density at radius 3 is 2.45 bits per heavy atom. The van der Waals surface area contributed by atoms with Crippen molar-refractivity contribution in [2.24, 2.45) is 11.1 Å². The Morgan fingerprint density at radius 2 is 2.00 bits per heavy atom. The Balaban J connectivity index is 3.01. The third-order valence-corrected chi connectivity index (χ3v) is 4.13. The zero-order chi connectivity index (χ0) is 15.5. The largest absolute Gasteiger partial charge is 0.496 e. The van der Waals surface area contributed by atoms with Gasteiger partial charge in [0, 0.05) is 23.7 Å². The smallest absolute Gasteiger partial charge is 0.123 e. The molecule has 2 N–H and O–H groups in total. The molecule has 0 heterocycles. The number of nitrogens with zero attached hydrogens (tertiary/aromatic N) is 1. The lowest BCUT2D eigenvalue weighted by Crippen LogP contribution is -2.38. The number of ether oxygens (including phenoxy) is 1. The van der Waals surface area contributed by atoms with Crippen LogP contribution in [0.3, 0.4) is 0 Å². The molecule has 0 spiro atoms. The van der Waals surface area contributed by atoms with Gasteiger partial charge in [-0.1, -0.05) is 33.0 Å². The van der Waals surface area contributed by atoms with Crippen molar-refractivity contribution in [3.8, 4) is 5.75 Å². The quantitative estimate of drug-likeness (QED) is 0.846. The highest BCUT2D eigenvalue weighted by Gasteiger charge is 2.24. The monoisotopic (exact) mass is 294 g/mol. The molecular formula is C16H26N2OS. The van der Waals surface area contributed by atoms with E-state index in [1.165, 1.54) is 0 Å². The molecule has 0 saturated carbocycles. The highest BCUT2D eigenvalue weighted by atomic mass is 32.1. The van der Waals surface area contributed by atoms with Crippen molar-refractivity contribution >= 4 is 17.2 Å². The standard InChI is InChI=1S/C16H26N2OS/c1-11(16(2,3)4)18(5)10-13-9-12(15(17)20)7-8-14(13)19-6/h7-9,11H,10H2,1-6H3,(H2,17,20). The van der Waals surface area contributed by atoms with Gasteiger partial charge in [0.2, 0.25) is 0 Å². The summed E-state index contributed by atoms with van der Waals surface area (Å²) in [6.07, 6.45) is 0. The number of methoxy groups -OCH3 is 1. The van der Waals surface area contributed by atoms with E-state index in [0.29, 0.717) is 11.0 Å². The second-order valence-corrected chi connectivity index (χ2v) is 6.79. The Kier molecular flexibility index (Phi) is 5.54. The molecule has 4 heteroatoms. The molecular weight excluding hydrogens is 268 g/mol. The van der Waals surface area contributed by atoms with Crippen molar-refractivity contribution in [2.45, 2.75) is 40.3 Å². The van der Waals surface area contributed by atoms with Gasteiger partial charge in [-0.25, -0.2) is 0 Å². The molecule has 0 radical (unpaired) electrons. The van der Waals surface area contributed by atoms with Crippen LogP contribution in [0.5, 0.6) is 5.75 Å². The van der Waals surface area contributed by atoms with Crippen molar-refractivity contribution in [1.29, 1.82) is 0 Å². The molecule has 0 bridgehead atoms. The Bertz CT molecular complexity index is 480. The van der Waals surface area contributed by atoms with E-state index in [4.69, 9.17) is 22.7 Å². The van der Waals surface area contributed by atoms with Gasteiger partial charge in [-0.3, -0.25) is 4.90 Å².